The van der Waals surface area contributed by atoms with Gasteiger partial charge in [0.15, 0.2) is 6.10 Å². The number of phenolic OH excluding ortho intramolecular Hbond substituents is 1. The molecule has 0 spiro atoms. The zero-order valence-electron chi connectivity index (χ0n) is 23.4. The van der Waals surface area contributed by atoms with E-state index < -0.39 is 45.6 Å². The molecule has 0 aliphatic carbocycles. The van der Waals surface area contributed by atoms with Crippen molar-refractivity contribution < 1.29 is 24.5 Å². The van der Waals surface area contributed by atoms with Gasteiger partial charge in [-0.1, -0.05) is 59.7 Å². The monoisotopic (exact) mass is 543 g/mol. The van der Waals surface area contributed by atoms with Crippen LogP contribution < -0.4 is 9.96 Å². The first-order chi connectivity index (χ1) is 18.7. The van der Waals surface area contributed by atoms with Crippen molar-refractivity contribution in [2.24, 2.45) is 5.92 Å². The predicted molar refractivity (Wildman–Crippen MR) is 151 cm³/mol. The number of amides is 2. The second-order valence-corrected chi connectivity index (χ2v) is 12.4. The van der Waals surface area contributed by atoms with Crippen molar-refractivity contribution >= 4 is 28.9 Å². The Balaban J connectivity index is 1.67. The maximum Gasteiger partial charge on any atom is 0.269 e. The van der Waals surface area contributed by atoms with E-state index in [9.17, 15) is 24.8 Å². The molecule has 2 saturated heterocycles. The summed E-state index contributed by atoms with van der Waals surface area (Å²) in [7, 11) is 0. The van der Waals surface area contributed by atoms with Crippen molar-refractivity contribution in [2.45, 2.75) is 64.5 Å². The molecule has 9 nitrogen and oxygen atoms in total. The molecule has 2 amide bonds. The van der Waals surface area contributed by atoms with Gasteiger partial charge in [-0.15, -0.1) is 0 Å². The number of nitro groups is 1. The fourth-order valence-electron chi connectivity index (χ4n) is 5.50. The minimum absolute atomic E-state index is 0.138. The molecule has 0 aromatic heterocycles. The van der Waals surface area contributed by atoms with E-state index in [1.807, 2.05) is 84.0 Å². The molecule has 40 heavy (non-hydrogen) atoms. The van der Waals surface area contributed by atoms with Crippen LogP contribution in [0.25, 0.3) is 0 Å². The van der Waals surface area contributed by atoms with Crippen LogP contribution in [0.2, 0.25) is 0 Å². The molecule has 0 bridgehead atoms. The van der Waals surface area contributed by atoms with Gasteiger partial charge < -0.3 is 5.11 Å². The molecule has 3 aromatic carbocycles. The van der Waals surface area contributed by atoms with Crippen LogP contribution in [-0.2, 0) is 25.3 Å². The Morgan fingerprint density at radius 2 is 1.38 bits per heavy atom. The van der Waals surface area contributed by atoms with Crippen molar-refractivity contribution in [1.82, 2.24) is 0 Å². The molecular formula is C31H33N3O6. The molecule has 0 radical (unpaired) electrons. The number of nitro benzene ring substituents is 1. The highest BCUT2D eigenvalue weighted by molar-refractivity contribution is 6.24. The molecule has 2 heterocycles. The molecule has 1 N–H and O–H groups in total. The number of hydroxylamine groups is 1. The number of benzene rings is 3. The number of fused-ring (bicyclic) bond motifs is 1. The Hall–Kier alpha value is -4.24. The Kier molecular flexibility index (Phi) is 6.45. The lowest BCUT2D eigenvalue weighted by Gasteiger charge is -2.32. The molecular weight excluding hydrogens is 510 g/mol. The summed E-state index contributed by atoms with van der Waals surface area (Å²) in [5.41, 5.74) is 2.20. The first-order valence-electron chi connectivity index (χ1n) is 13.2. The molecule has 0 saturated carbocycles. The molecule has 3 atom stereocenters. The van der Waals surface area contributed by atoms with Gasteiger partial charge in [-0.2, -0.15) is 0 Å². The quantitative estimate of drug-likeness (QED) is 0.246. The van der Waals surface area contributed by atoms with E-state index in [1.165, 1.54) is 24.3 Å². The van der Waals surface area contributed by atoms with E-state index in [4.69, 9.17) is 4.84 Å². The maximum absolute atomic E-state index is 14.0. The van der Waals surface area contributed by atoms with Gasteiger partial charge in [0.25, 0.3) is 11.6 Å². The van der Waals surface area contributed by atoms with Gasteiger partial charge in [0.05, 0.1) is 22.3 Å². The summed E-state index contributed by atoms with van der Waals surface area (Å²) in [5.74, 6) is -1.65. The van der Waals surface area contributed by atoms with Crippen LogP contribution >= 0.6 is 0 Å². The van der Waals surface area contributed by atoms with Gasteiger partial charge in [-0.3, -0.25) is 24.5 Å². The number of rotatable bonds is 4. The normalized spacial score (nSPS) is 21.2. The third-order valence-corrected chi connectivity index (χ3v) is 7.53. The SMILES string of the molecule is CC(C)(C)c1cc([C@@H]2[C@H]3C(=O)N(c4ccc([N+](=O)[O-])cc4)C(=O)[C@@H]3ON2c2ccccc2)cc(C(C)(C)C)c1O. The Morgan fingerprint density at radius 1 is 0.825 bits per heavy atom. The van der Waals surface area contributed by atoms with E-state index >= 15 is 0 Å². The highest BCUT2D eigenvalue weighted by Gasteiger charge is 2.60. The number of para-hydroxylation sites is 1. The first-order valence-corrected chi connectivity index (χ1v) is 13.2. The number of nitrogens with zero attached hydrogens (tertiary/aromatic N) is 3. The number of hydrogen-bond donors (Lipinski definition) is 1. The Bertz CT molecular complexity index is 1450. The van der Waals surface area contributed by atoms with Gasteiger partial charge in [-0.25, -0.2) is 9.96 Å². The zero-order valence-corrected chi connectivity index (χ0v) is 23.4. The number of aromatic hydroxyl groups is 1. The summed E-state index contributed by atoms with van der Waals surface area (Å²) in [6.45, 7) is 12.1. The lowest BCUT2D eigenvalue weighted by atomic mass is 9.76. The second kappa shape index (κ2) is 9.45. The molecule has 5 rings (SSSR count). The lowest BCUT2D eigenvalue weighted by molar-refractivity contribution is -0.384. The average Bonchev–Trinajstić information content (AvgIpc) is 3.39. The minimum atomic E-state index is -1.09. The largest absolute Gasteiger partial charge is 0.507 e. The Morgan fingerprint density at radius 3 is 1.88 bits per heavy atom. The van der Waals surface area contributed by atoms with Gasteiger partial charge in [0.2, 0.25) is 5.91 Å². The summed E-state index contributed by atoms with van der Waals surface area (Å²) >= 11 is 0. The fraction of sp³-hybridized carbons (Fsp3) is 0.355. The number of phenols is 1. The topological polar surface area (TPSA) is 113 Å². The fourth-order valence-corrected chi connectivity index (χ4v) is 5.50. The van der Waals surface area contributed by atoms with Gasteiger partial charge in [0.1, 0.15) is 11.7 Å². The number of non-ortho nitro benzene ring substituents is 1. The summed E-state index contributed by atoms with van der Waals surface area (Å²) < 4.78 is 0. The smallest absolute Gasteiger partial charge is 0.269 e. The van der Waals surface area contributed by atoms with Crippen LogP contribution in [0, 0.1) is 16.0 Å². The molecule has 9 heteroatoms. The van der Waals surface area contributed by atoms with E-state index in [2.05, 4.69) is 0 Å². The van der Waals surface area contributed by atoms with Crippen LogP contribution in [0.3, 0.4) is 0 Å². The molecule has 2 aliphatic rings. The molecule has 3 aromatic rings. The number of carbonyl (C=O) groups is 2. The number of imide groups is 1. The molecule has 2 aliphatic heterocycles. The predicted octanol–water partition coefficient (Wildman–Crippen LogP) is 5.95. The van der Waals surface area contributed by atoms with Crippen LogP contribution in [0.1, 0.15) is 64.3 Å². The zero-order chi connectivity index (χ0) is 29.1. The molecule has 2 fully saturated rings. The maximum atomic E-state index is 14.0. The highest BCUT2D eigenvalue weighted by atomic mass is 16.7. The number of hydrogen-bond acceptors (Lipinski definition) is 7. The lowest BCUT2D eigenvalue weighted by Crippen LogP contribution is -2.37. The number of carbonyl (C=O) groups excluding carboxylic acids is 2. The van der Waals surface area contributed by atoms with E-state index in [0.29, 0.717) is 5.69 Å². The number of anilines is 2. The first kappa shape index (κ1) is 27.3. The van der Waals surface area contributed by atoms with Crippen molar-refractivity contribution in [3.63, 3.8) is 0 Å². The van der Waals surface area contributed by atoms with Crippen LogP contribution in [0.15, 0.2) is 66.7 Å². The second-order valence-electron chi connectivity index (χ2n) is 12.4. The van der Waals surface area contributed by atoms with Crippen LogP contribution in [0.4, 0.5) is 17.1 Å². The van der Waals surface area contributed by atoms with Gasteiger partial charge in [0, 0.05) is 12.1 Å². The third-order valence-electron chi connectivity index (χ3n) is 7.53. The van der Waals surface area contributed by atoms with Crippen LogP contribution in [-0.4, -0.2) is 27.9 Å². The van der Waals surface area contributed by atoms with E-state index in [-0.39, 0.29) is 17.1 Å². The molecule has 0 unspecified atom stereocenters. The van der Waals surface area contributed by atoms with Gasteiger partial charge >= 0.3 is 0 Å². The van der Waals surface area contributed by atoms with E-state index in [0.717, 1.165) is 21.6 Å². The van der Waals surface area contributed by atoms with Crippen molar-refractivity contribution in [3.8, 4) is 5.75 Å². The summed E-state index contributed by atoms with van der Waals surface area (Å²) in [5, 5.41) is 24.1. The standard InChI is InChI=1S/C31H33N3O6/c1-30(2,3)22-16-18(17-23(26(22)35)31(4,5)6)25-24-27(40-33(25)20-10-8-7-9-11-20)29(37)32(28(24)36)19-12-14-21(15-13-19)34(38)39/h7-17,24-25,27,35H,1-6H3/t24-,25-,27-/m1/s1. The summed E-state index contributed by atoms with van der Waals surface area (Å²) in [6.07, 6.45) is -1.09. The molecule has 208 valence electrons. The third kappa shape index (κ3) is 4.50. The minimum Gasteiger partial charge on any atom is -0.507 e. The van der Waals surface area contributed by atoms with Gasteiger partial charge in [-0.05, 0) is 63.9 Å². The summed E-state index contributed by atoms with van der Waals surface area (Å²) in [6, 6.07) is 17.8. The highest BCUT2D eigenvalue weighted by Crippen LogP contribution is 2.50. The van der Waals surface area contributed by atoms with Crippen molar-refractivity contribution in [2.75, 3.05) is 9.96 Å². The van der Waals surface area contributed by atoms with Crippen LogP contribution in [0.5, 0.6) is 5.75 Å². The van der Waals surface area contributed by atoms with E-state index in [1.54, 1.807) is 5.06 Å². The summed E-state index contributed by atoms with van der Waals surface area (Å²) in [4.78, 5) is 45.6. The van der Waals surface area contributed by atoms with Crippen molar-refractivity contribution in [3.05, 3.63) is 93.5 Å². The Labute approximate surface area is 233 Å². The van der Waals surface area contributed by atoms with Crippen molar-refractivity contribution in [1.29, 1.82) is 0 Å². The average molecular weight is 544 g/mol.